The molecule has 0 spiro atoms. The molecule has 3 N–H and O–H groups in total. The van der Waals surface area contributed by atoms with E-state index in [1.165, 1.54) is 11.8 Å². The third-order valence-corrected chi connectivity index (χ3v) is 6.06. The van der Waals surface area contributed by atoms with Gasteiger partial charge in [-0.15, -0.1) is 11.8 Å². The van der Waals surface area contributed by atoms with Gasteiger partial charge in [0.05, 0.1) is 10.7 Å². The van der Waals surface area contributed by atoms with Gasteiger partial charge in [-0.2, -0.15) is 0 Å². The largest absolute Gasteiger partial charge is 0.478 e. The van der Waals surface area contributed by atoms with Gasteiger partial charge >= 0.3 is 5.97 Å². The van der Waals surface area contributed by atoms with Crippen LogP contribution in [0.5, 0.6) is 0 Å². The molecule has 6 nitrogen and oxygen atoms in total. The second-order valence-corrected chi connectivity index (χ2v) is 8.73. The molecule has 168 valence electrons. The van der Waals surface area contributed by atoms with E-state index in [0.717, 1.165) is 22.6 Å². The van der Waals surface area contributed by atoms with Gasteiger partial charge in [-0.3, -0.25) is 9.59 Å². The number of carboxylic acids is 1. The quantitative estimate of drug-likeness (QED) is 0.258. The van der Waals surface area contributed by atoms with Crippen LogP contribution in [-0.4, -0.2) is 22.9 Å². The topological polar surface area (TPSA) is 95.5 Å². The zero-order chi connectivity index (χ0) is 23.8. The predicted molar refractivity (Wildman–Crippen MR) is 132 cm³/mol. The number of halogens is 2. The van der Waals surface area contributed by atoms with Crippen molar-refractivity contribution in [1.82, 2.24) is 0 Å². The lowest BCUT2D eigenvalue weighted by atomic mass is 10.1. The van der Waals surface area contributed by atoms with Crippen molar-refractivity contribution in [2.24, 2.45) is 0 Å². The Bertz CT molecular complexity index is 1200. The first kappa shape index (κ1) is 24.4. The van der Waals surface area contributed by atoms with Gasteiger partial charge in [-0.25, -0.2) is 4.79 Å². The Hall–Kier alpha value is -3.26. The maximum Gasteiger partial charge on any atom is 0.328 e. The fraction of sp³-hybridized carbons (Fsp3) is 0.0417. The van der Waals surface area contributed by atoms with Crippen molar-refractivity contribution in [3.63, 3.8) is 0 Å². The van der Waals surface area contributed by atoms with Crippen molar-refractivity contribution < 1.29 is 19.5 Å². The van der Waals surface area contributed by atoms with Gasteiger partial charge in [0, 0.05) is 27.8 Å². The Kier molecular flexibility index (Phi) is 8.54. The highest BCUT2D eigenvalue weighted by atomic mass is 35.5. The summed E-state index contributed by atoms with van der Waals surface area (Å²) in [5, 5.41) is 14.3. The van der Waals surface area contributed by atoms with Gasteiger partial charge in [0.2, 0.25) is 11.8 Å². The van der Waals surface area contributed by atoms with Gasteiger partial charge in [0.15, 0.2) is 0 Å². The van der Waals surface area contributed by atoms with Crippen molar-refractivity contribution in [3.8, 4) is 0 Å². The number of carbonyl (C=O) groups excluding carboxylic acids is 2. The van der Waals surface area contributed by atoms with Crippen molar-refractivity contribution >= 4 is 64.1 Å². The Morgan fingerprint density at radius 3 is 2.33 bits per heavy atom. The Morgan fingerprint density at radius 1 is 0.879 bits per heavy atom. The maximum atomic E-state index is 13.2. The van der Waals surface area contributed by atoms with E-state index in [4.69, 9.17) is 28.3 Å². The second-order valence-electron chi connectivity index (χ2n) is 6.71. The number of aliphatic carboxylic acids is 1. The Balaban J connectivity index is 1.82. The summed E-state index contributed by atoms with van der Waals surface area (Å²) in [4.78, 5) is 36.4. The molecule has 0 aliphatic heterocycles. The molecule has 0 radical (unpaired) electrons. The van der Waals surface area contributed by atoms with E-state index in [1.54, 1.807) is 36.4 Å². The van der Waals surface area contributed by atoms with E-state index in [9.17, 15) is 14.4 Å². The summed E-state index contributed by atoms with van der Waals surface area (Å²) in [6, 6.07) is 21.0. The van der Waals surface area contributed by atoms with Gasteiger partial charge in [0.25, 0.3) is 0 Å². The second kappa shape index (κ2) is 11.6. The Labute approximate surface area is 204 Å². The lowest BCUT2D eigenvalue weighted by Crippen LogP contribution is -2.19. The standard InChI is InChI=1S/C24H18Cl2N2O4S/c25-16-9-10-20(19(26)13-16)28-24(32)23(15-5-2-1-3-6-15)33-18-8-4-7-17(14-18)27-21(29)11-12-22(30)31/h1-14,23H,(H,27,29)(H,28,32)(H,30,31)/b12-11+. The van der Waals surface area contributed by atoms with Crippen molar-refractivity contribution in [1.29, 1.82) is 0 Å². The van der Waals surface area contributed by atoms with Crippen LogP contribution < -0.4 is 10.6 Å². The summed E-state index contributed by atoms with van der Waals surface area (Å²) in [5.74, 6) is -2.07. The van der Waals surface area contributed by atoms with Gasteiger partial charge < -0.3 is 15.7 Å². The zero-order valence-corrected chi connectivity index (χ0v) is 19.3. The molecule has 2 amide bonds. The molecule has 1 unspecified atom stereocenters. The lowest BCUT2D eigenvalue weighted by Gasteiger charge is -2.18. The Morgan fingerprint density at radius 2 is 1.64 bits per heavy atom. The van der Waals surface area contributed by atoms with Crippen molar-refractivity contribution in [2.75, 3.05) is 10.6 Å². The van der Waals surface area contributed by atoms with E-state index < -0.39 is 17.1 Å². The van der Waals surface area contributed by atoms with E-state index in [1.807, 2.05) is 36.4 Å². The van der Waals surface area contributed by atoms with Crippen LogP contribution >= 0.6 is 35.0 Å². The molecule has 3 aromatic carbocycles. The summed E-state index contributed by atoms with van der Waals surface area (Å²) in [7, 11) is 0. The molecule has 9 heteroatoms. The molecular formula is C24H18Cl2N2O4S. The van der Waals surface area contributed by atoms with Crippen LogP contribution in [0.2, 0.25) is 10.0 Å². The molecule has 0 aromatic heterocycles. The van der Waals surface area contributed by atoms with Crippen LogP contribution in [0.25, 0.3) is 0 Å². The first-order chi connectivity index (χ1) is 15.8. The highest BCUT2D eigenvalue weighted by Gasteiger charge is 2.23. The average Bonchev–Trinajstić information content (AvgIpc) is 2.79. The molecule has 0 saturated heterocycles. The fourth-order valence-corrected chi connectivity index (χ4v) is 4.34. The van der Waals surface area contributed by atoms with Crippen LogP contribution in [0.1, 0.15) is 10.8 Å². The molecule has 0 bridgehead atoms. The van der Waals surface area contributed by atoms with Crippen LogP contribution in [0.4, 0.5) is 11.4 Å². The van der Waals surface area contributed by atoms with Crippen LogP contribution in [-0.2, 0) is 14.4 Å². The van der Waals surface area contributed by atoms with E-state index in [-0.39, 0.29) is 5.91 Å². The molecule has 0 aliphatic rings. The molecule has 0 saturated carbocycles. The number of hydrogen-bond donors (Lipinski definition) is 3. The highest BCUT2D eigenvalue weighted by molar-refractivity contribution is 8.00. The minimum absolute atomic E-state index is 0.283. The average molecular weight is 501 g/mol. The highest BCUT2D eigenvalue weighted by Crippen LogP contribution is 2.38. The van der Waals surface area contributed by atoms with Crippen LogP contribution in [0.15, 0.2) is 89.8 Å². The first-order valence-corrected chi connectivity index (χ1v) is 11.2. The van der Waals surface area contributed by atoms with Crippen molar-refractivity contribution in [2.45, 2.75) is 10.1 Å². The third-order valence-electron chi connectivity index (χ3n) is 4.26. The molecular weight excluding hydrogens is 483 g/mol. The minimum atomic E-state index is -1.22. The van der Waals surface area contributed by atoms with Crippen LogP contribution in [0, 0.1) is 0 Å². The summed E-state index contributed by atoms with van der Waals surface area (Å²) in [6.07, 6.45) is 1.68. The minimum Gasteiger partial charge on any atom is -0.478 e. The number of carboxylic acid groups (broad SMARTS) is 1. The molecule has 3 aromatic rings. The lowest BCUT2D eigenvalue weighted by molar-refractivity contribution is -0.131. The predicted octanol–water partition coefficient (Wildman–Crippen LogP) is 6.04. The molecule has 0 aliphatic carbocycles. The van der Waals surface area contributed by atoms with Crippen LogP contribution in [0.3, 0.4) is 0 Å². The number of rotatable bonds is 8. The molecule has 0 heterocycles. The van der Waals surface area contributed by atoms with Gasteiger partial charge in [-0.1, -0.05) is 59.6 Å². The summed E-state index contributed by atoms with van der Waals surface area (Å²) >= 11 is 13.4. The normalized spacial score (nSPS) is 11.7. The maximum absolute atomic E-state index is 13.2. The number of hydrogen-bond acceptors (Lipinski definition) is 4. The number of thioether (sulfide) groups is 1. The first-order valence-electron chi connectivity index (χ1n) is 9.61. The summed E-state index contributed by atoms with van der Waals surface area (Å²) in [5.41, 5.74) is 1.69. The van der Waals surface area contributed by atoms with Gasteiger partial charge in [0.1, 0.15) is 5.25 Å². The smallest absolute Gasteiger partial charge is 0.328 e. The number of benzene rings is 3. The summed E-state index contributed by atoms with van der Waals surface area (Å²) < 4.78 is 0. The van der Waals surface area contributed by atoms with E-state index in [2.05, 4.69) is 10.6 Å². The van der Waals surface area contributed by atoms with Gasteiger partial charge in [-0.05, 0) is 42.0 Å². The molecule has 33 heavy (non-hydrogen) atoms. The summed E-state index contributed by atoms with van der Waals surface area (Å²) in [6.45, 7) is 0. The number of amides is 2. The number of anilines is 2. The third kappa shape index (κ3) is 7.39. The van der Waals surface area contributed by atoms with E-state index in [0.29, 0.717) is 21.4 Å². The molecule has 3 rings (SSSR count). The molecule has 1 atom stereocenters. The van der Waals surface area contributed by atoms with E-state index >= 15 is 0 Å². The fourth-order valence-electron chi connectivity index (χ4n) is 2.80. The number of nitrogens with one attached hydrogen (secondary N) is 2. The SMILES string of the molecule is O=C(O)/C=C/C(=O)Nc1cccc(SC(C(=O)Nc2ccc(Cl)cc2Cl)c2ccccc2)c1. The zero-order valence-electron chi connectivity index (χ0n) is 17.0. The van der Waals surface area contributed by atoms with Crippen molar-refractivity contribution in [3.05, 3.63) is 101 Å². The molecule has 0 fully saturated rings. The number of carbonyl (C=O) groups is 3. The monoisotopic (exact) mass is 500 g/mol.